The molecule has 0 aromatic rings. The summed E-state index contributed by atoms with van der Waals surface area (Å²) in [5.41, 5.74) is -0.167. The second-order valence-electron chi connectivity index (χ2n) is 5.19. The minimum absolute atomic E-state index is 0.167. The zero-order valence-electron chi connectivity index (χ0n) is 11.3. The number of amides is 1. The summed E-state index contributed by atoms with van der Waals surface area (Å²) in [7, 11) is 0. The van der Waals surface area contributed by atoms with Crippen molar-refractivity contribution in [3.63, 3.8) is 0 Å². The minimum atomic E-state index is -0.167. The summed E-state index contributed by atoms with van der Waals surface area (Å²) >= 11 is 1.87. The molecule has 0 aromatic carbocycles. The van der Waals surface area contributed by atoms with E-state index in [1.807, 2.05) is 11.8 Å². The Labute approximate surface area is 109 Å². The molecule has 1 saturated heterocycles. The second kappa shape index (κ2) is 7.27. The van der Waals surface area contributed by atoms with Gasteiger partial charge >= 0.3 is 0 Å². The predicted molar refractivity (Wildman–Crippen MR) is 75.4 cm³/mol. The molecule has 1 unspecified atom stereocenters. The van der Waals surface area contributed by atoms with E-state index in [1.165, 1.54) is 12.2 Å². The zero-order valence-corrected chi connectivity index (χ0v) is 12.2. The summed E-state index contributed by atoms with van der Waals surface area (Å²) in [4.78, 5) is 12.3. The SMILES string of the molecule is CSCCCCNC(=O)C1(C(C)C)CCNC1. The van der Waals surface area contributed by atoms with E-state index >= 15 is 0 Å². The molecule has 2 N–H and O–H groups in total. The van der Waals surface area contributed by atoms with Crippen LogP contribution in [0.15, 0.2) is 0 Å². The molecular formula is C13H26N2OS. The van der Waals surface area contributed by atoms with Gasteiger partial charge in [0.1, 0.15) is 0 Å². The van der Waals surface area contributed by atoms with E-state index < -0.39 is 0 Å². The number of unbranched alkanes of at least 4 members (excludes halogenated alkanes) is 1. The van der Waals surface area contributed by atoms with Crippen LogP contribution < -0.4 is 10.6 Å². The first kappa shape index (κ1) is 14.8. The minimum Gasteiger partial charge on any atom is -0.356 e. The van der Waals surface area contributed by atoms with Gasteiger partial charge in [-0.05, 0) is 43.7 Å². The molecule has 4 heteroatoms. The highest BCUT2D eigenvalue weighted by molar-refractivity contribution is 7.98. The van der Waals surface area contributed by atoms with E-state index in [-0.39, 0.29) is 11.3 Å². The van der Waals surface area contributed by atoms with Gasteiger partial charge in [0.25, 0.3) is 0 Å². The van der Waals surface area contributed by atoms with Gasteiger partial charge in [-0.1, -0.05) is 13.8 Å². The van der Waals surface area contributed by atoms with Gasteiger partial charge < -0.3 is 10.6 Å². The van der Waals surface area contributed by atoms with Crippen LogP contribution in [0.4, 0.5) is 0 Å². The number of rotatable bonds is 7. The number of hydrogen-bond donors (Lipinski definition) is 2. The van der Waals surface area contributed by atoms with E-state index in [9.17, 15) is 4.79 Å². The highest BCUT2D eigenvalue weighted by Crippen LogP contribution is 2.34. The average Bonchev–Trinajstić information content (AvgIpc) is 2.79. The summed E-state index contributed by atoms with van der Waals surface area (Å²) in [5, 5.41) is 6.44. The van der Waals surface area contributed by atoms with Gasteiger partial charge in [0.05, 0.1) is 5.41 Å². The lowest BCUT2D eigenvalue weighted by molar-refractivity contribution is -0.132. The molecule has 1 atom stereocenters. The Bertz CT molecular complexity index is 238. The van der Waals surface area contributed by atoms with Crippen molar-refractivity contribution < 1.29 is 4.79 Å². The molecule has 100 valence electrons. The molecule has 0 aliphatic carbocycles. The van der Waals surface area contributed by atoms with Gasteiger partial charge in [0.15, 0.2) is 0 Å². The Morgan fingerprint density at radius 2 is 2.24 bits per heavy atom. The summed E-state index contributed by atoms with van der Waals surface area (Å²) < 4.78 is 0. The Morgan fingerprint density at radius 1 is 1.47 bits per heavy atom. The summed E-state index contributed by atoms with van der Waals surface area (Å²) in [6.07, 6.45) is 5.38. The van der Waals surface area contributed by atoms with Gasteiger partial charge in [-0.2, -0.15) is 11.8 Å². The molecule has 1 rings (SSSR count). The molecule has 0 spiro atoms. The van der Waals surface area contributed by atoms with Crippen LogP contribution in [0.5, 0.6) is 0 Å². The molecular weight excluding hydrogens is 232 g/mol. The molecule has 17 heavy (non-hydrogen) atoms. The molecule has 1 amide bonds. The fourth-order valence-corrected chi connectivity index (χ4v) is 2.90. The van der Waals surface area contributed by atoms with Crippen LogP contribution in [0.25, 0.3) is 0 Å². The molecule has 0 saturated carbocycles. The lowest BCUT2D eigenvalue weighted by Gasteiger charge is -2.31. The number of nitrogens with one attached hydrogen (secondary N) is 2. The quantitative estimate of drug-likeness (QED) is 0.685. The van der Waals surface area contributed by atoms with E-state index in [2.05, 4.69) is 30.7 Å². The Kier molecular flexibility index (Phi) is 6.34. The Balaban J connectivity index is 2.34. The maximum atomic E-state index is 12.3. The highest BCUT2D eigenvalue weighted by Gasteiger charge is 2.43. The smallest absolute Gasteiger partial charge is 0.227 e. The van der Waals surface area contributed by atoms with Crippen LogP contribution in [0.1, 0.15) is 33.1 Å². The fourth-order valence-electron chi connectivity index (χ4n) is 2.41. The largest absolute Gasteiger partial charge is 0.356 e. The maximum absolute atomic E-state index is 12.3. The lowest BCUT2D eigenvalue weighted by Crippen LogP contribution is -2.46. The van der Waals surface area contributed by atoms with Crippen LogP contribution in [-0.4, -0.2) is 37.6 Å². The molecule has 1 aliphatic heterocycles. The first-order chi connectivity index (χ1) is 8.13. The van der Waals surface area contributed by atoms with Crippen molar-refractivity contribution in [1.82, 2.24) is 10.6 Å². The third-order valence-corrected chi connectivity index (χ3v) is 4.50. The van der Waals surface area contributed by atoms with Crippen LogP contribution in [0.3, 0.4) is 0 Å². The third kappa shape index (κ3) is 3.88. The normalized spacial score (nSPS) is 24.2. The van der Waals surface area contributed by atoms with E-state index in [4.69, 9.17) is 0 Å². The topological polar surface area (TPSA) is 41.1 Å². The second-order valence-corrected chi connectivity index (χ2v) is 6.18. The van der Waals surface area contributed by atoms with Gasteiger partial charge in [-0.15, -0.1) is 0 Å². The van der Waals surface area contributed by atoms with Gasteiger partial charge in [-0.3, -0.25) is 4.79 Å². The first-order valence-corrected chi connectivity index (χ1v) is 8.01. The summed E-state index contributed by atoms with van der Waals surface area (Å²) in [5.74, 6) is 1.84. The van der Waals surface area contributed by atoms with Gasteiger partial charge in [-0.25, -0.2) is 0 Å². The van der Waals surface area contributed by atoms with Crippen LogP contribution in [0, 0.1) is 11.3 Å². The van der Waals surface area contributed by atoms with E-state index in [1.54, 1.807) is 0 Å². The lowest BCUT2D eigenvalue weighted by atomic mass is 9.75. The van der Waals surface area contributed by atoms with Crippen molar-refractivity contribution in [2.45, 2.75) is 33.1 Å². The number of thioether (sulfide) groups is 1. The van der Waals surface area contributed by atoms with Crippen LogP contribution in [0.2, 0.25) is 0 Å². The number of carbonyl (C=O) groups is 1. The van der Waals surface area contributed by atoms with E-state index in [0.717, 1.165) is 32.5 Å². The molecule has 1 aliphatic rings. The third-order valence-electron chi connectivity index (χ3n) is 3.81. The zero-order chi connectivity index (χ0) is 12.7. The Morgan fingerprint density at radius 3 is 2.76 bits per heavy atom. The monoisotopic (exact) mass is 258 g/mol. The van der Waals surface area contributed by atoms with E-state index in [0.29, 0.717) is 5.92 Å². The Hall–Kier alpha value is -0.220. The molecule has 0 radical (unpaired) electrons. The number of hydrogen-bond acceptors (Lipinski definition) is 3. The van der Waals surface area contributed by atoms with Crippen molar-refractivity contribution in [2.75, 3.05) is 31.6 Å². The standard InChI is InChI=1S/C13H26N2OS/c1-11(2)13(6-8-14-10-13)12(16)15-7-4-5-9-17-3/h11,14H,4-10H2,1-3H3,(H,15,16). The predicted octanol–water partition coefficient (Wildman–Crippen LogP) is 1.88. The van der Waals surface area contributed by atoms with Gasteiger partial charge in [0, 0.05) is 13.1 Å². The maximum Gasteiger partial charge on any atom is 0.227 e. The molecule has 1 fully saturated rings. The van der Waals surface area contributed by atoms with Crippen molar-refractivity contribution in [3.05, 3.63) is 0 Å². The highest BCUT2D eigenvalue weighted by atomic mass is 32.2. The fraction of sp³-hybridized carbons (Fsp3) is 0.923. The van der Waals surface area contributed by atoms with Crippen molar-refractivity contribution in [2.24, 2.45) is 11.3 Å². The molecule has 1 heterocycles. The van der Waals surface area contributed by atoms with Crippen LogP contribution in [-0.2, 0) is 4.79 Å². The molecule has 0 bridgehead atoms. The molecule has 3 nitrogen and oxygen atoms in total. The first-order valence-electron chi connectivity index (χ1n) is 6.61. The van der Waals surface area contributed by atoms with Crippen molar-refractivity contribution in [1.29, 1.82) is 0 Å². The summed E-state index contributed by atoms with van der Waals surface area (Å²) in [6, 6.07) is 0. The van der Waals surface area contributed by atoms with Crippen molar-refractivity contribution in [3.8, 4) is 0 Å². The summed E-state index contributed by atoms with van der Waals surface area (Å²) in [6.45, 7) is 6.94. The average molecular weight is 258 g/mol. The van der Waals surface area contributed by atoms with Gasteiger partial charge in [0.2, 0.25) is 5.91 Å². The van der Waals surface area contributed by atoms with Crippen molar-refractivity contribution >= 4 is 17.7 Å². The molecule has 0 aromatic heterocycles. The number of carbonyl (C=O) groups excluding carboxylic acids is 1. The van der Waals surface area contributed by atoms with Crippen LogP contribution >= 0.6 is 11.8 Å².